The van der Waals surface area contributed by atoms with Crippen LogP contribution in [-0.4, -0.2) is 37.9 Å². The SMILES string of the molecule is CCCc1ccc(-c2nc(NC(=O)c3ccc(S(=O)(=O)N(C)OC)cc3)sc2C)cc1. The van der Waals surface area contributed by atoms with E-state index in [0.29, 0.717) is 10.7 Å². The summed E-state index contributed by atoms with van der Waals surface area (Å²) in [6.07, 6.45) is 2.14. The lowest BCUT2D eigenvalue weighted by molar-refractivity contribution is -0.0258. The maximum absolute atomic E-state index is 12.6. The number of nitrogens with zero attached hydrogens (tertiary/aromatic N) is 2. The summed E-state index contributed by atoms with van der Waals surface area (Å²) in [6.45, 7) is 4.12. The number of hydrogen-bond donors (Lipinski definition) is 1. The molecule has 1 heterocycles. The quantitative estimate of drug-likeness (QED) is 0.501. The van der Waals surface area contributed by atoms with Gasteiger partial charge in [0.25, 0.3) is 15.9 Å². The number of hydroxylamine groups is 1. The smallest absolute Gasteiger partial charge is 0.264 e. The number of carbonyl (C=O) groups is 1. The topological polar surface area (TPSA) is 88.6 Å². The van der Waals surface area contributed by atoms with Crippen LogP contribution in [0.2, 0.25) is 0 Å². The van der Waals surface area contributed by atoms with Gasteiger partial charge in [0.05, 0.1) is 17.7 Å². The molecular formula is C22H25N3O4S2. The van der Waals surface area contributed by atoms with Crippen LogP contribution in [0.5, 0.6) is 0 Å². The molecule has 0 aliphatic carbocycles. The molecule has 9 heteroatoms. The van der Waals surface area contributed by atoms with E-state index in [-0.39, 0.29) is 10.8 Å². The summed E-state index contributed by atoms with van der Waals surface area (Å²) < 4.78 is 25.3. The highest BCUT2D eigenvalue weighted by Crippen LogP contribution is 2.31. The molecule has 0 aliphatic rings. The Morgan fingerprint density at radius 3 is 2.35 bits per heavy atom. The van der Waals surface area contributed by atoms with Gasteiger partial charge in [-0.3, -0.25) is 14.9 Å². The maximum Gasteiger partial charge on any atom is 0.264 e. The molecule has 1 aromatic heterocycles. The van der Waals surface area contributed by atoms with E-state index in [1.54, 1.807) is 0 Å². The van der Waals surface area contributed by atoms with Gasteiger partial charge in [-0.05, 0) is 43.2 Å². The van der Waals surface area contributed by atoms with E-state index in [4.69, 9.17) is 4.84 Å². The second kappa shape index (κ2) is 9.69. The van der Waals surface area contributed by atoms with Crippen molar-refractivity contribution in [2.45, 2.75) is 31.6 Å². The van der Waals surface area contributed by atoms with Gasteiger partial charge in [0.15, 0.2) is 5.13 Å². The number of benzene rings is 2. The molecule has 31 heavy (non-hydrogen) atoms. The summed E-state index contributed by atoms with van der Waals surface area (Å²) in [7, 11) is -1.19. The first-order chi connectivity index (χ1) is 14.8. The Balaban J connectivity index is 1.75. The van der Waals surface area contributed by atoms with Gasteiger partial charge in [-0.15, -0.1) is 11.3 Å². The Morgan fingerprint density at radius 1 is 1.13 bits per heavy atom. The summed E-state index contributed by atoms with van der Waals surface area (Å²) in [6, 6.07) is 14.0. The summed E-state index contributed by atoms with van der Waals surface area (Å²) in [4.78, 5) is 23.0. The number of sulfonamides is 1. The average Bonchev–Trinajstić information content (AvgIpc) is 3.13. The van der Waals surface area contributed by atoms with E-state index in [9.17, 15) is 13.2 Å². The van der Waals surface area contributed by atoms with Crippen molar-refractivity contribution >= 4 is 32.4 Å². The van der Waals surface area contributed by atoms with Gasteiger partial charge in [0, 0.05) is 23.1 Å². The lowest BCUT2D eigenvalue weighted by Crippen LogP contribution is -2.25. The van der Waals surface area contributed by atoms with Crippen molar-refractivity contribution in [2.75, 3.05) is 19.5 Å². The van der Waals surface area contributed by atoms with Crippen molar-refractivity contribution in [3.63, 3.8) is 0 Å². The Bertz CT molecular complexity index is 1150. The first kappa shape index (κ1) is 23.1. The van der Waals surface area contributed by atoms with Crippen LogP contribution in [-0.2, 0) is 21.3 Å². The van der Waals surface area contributed by atoms with Gasteiger partial charge in [-0.25, -0.2) is 13.4 Å². The fraction of sp³-hybridized carbons (Fsp3) is 0.273. The number of amides is 1. The average molecular weight is 460 g/mol. The number of thiazole rings is 1. The Morgan fingerprint density at radius 2 is 1.77 bits per heavy atom. The molecule has 0 fully saturated rings. The van der Waals surface area contributed by atoms with Gasteiger partial charge in [-0.2, -0.15) is 0 Å². The van der Waals surface area contributed by atoms with Gasteiger partial charge in [-0.1, -0.05) is 42.1 Å². The summed E-state index contributed by atoms with van der Waals surface area (Å²) in [5, 5.41) is 3.29. The molecule has 1 N–H and O–H groups in total. The van der Waals surface area contributed by atoms with Crippen LogP contribution in [0.4, 0.5) is 5.13 Å². The van der Waals surface area contributed by atoms with Crippen LogP contribution in [0.3, 0.4) is 0 Å². The lowest BCUT2D eigenvalue weighted by atomic mass is 10.1. The van der Waals surface area contributed by atoms with E-state index in [2.05, 4.69) is 41.5 Å². The van der Waals surface area contributed by atoms with Gasteiger partial charge >= 0.3 is 0 Å². The van der Waals surface area contributed by atoms with Crippen LogP contribution < -0.4 is 5.32 Å². The second-order valence-corrected chi connectivity index (χ2v) is 10.1. The third-order valence-electron chi connectivity index (χ3n) is 4.79. The number of aryl methyl sites for hydroxylation is 2. The zero-order valence-electron chi connectivity index (χ0n) is 17.9. The molecule has 3 aromatic rings. The predicted molar refractivity (Wildman–Crippen MR) is 123 cm³/mol. The van der Waals surface area contributed by atoms with Crippen molar-refractivity contribution in [2.24, 2.45) is 0 Å². The number of carbonyl (C=O) groups excluding carboxylic acids is 1. The van der Waals surface area contributed by atoms with E-state index < -0.39 is 10.0 Å². The standard InChI is InChI=1S/C22H25N3O4S2/c1-5-6-16-7-9-17(10-8-16)20-15(2)30-22(23-20)24-21(26)18-11-13-19(14-12-18)31(27,28)25(3)29-4/h7-14H,5-6H2,1-4H3,(H,23,24,26). The van der Waals surface area contributed by atoms with Crippen molar-refractivity contribution in [3.05, 3.63) is 64.5 Å². The monoisotopic (exact) mass is 459 g/mol. The minimum absolute atomic E-state index is 0.0345. The minimum atomic E-state index is -3.76. The fourth-order valence-electron chi connectivity index (χ4n) is 3.03. The molecule has 1 amide bonds. The zero-order chi connectivity index (χ0) is 22.6. The van der Waals surface area contributed by atoms with Crippen molar-refractivity contribution in [1.82, 2.24) is 9.45 Å². The Labute approximate surface area is 186 Å². The highest BCUT2D eigenvalue weighted by atomic mass is 32.2. The maximum atomic E-state index is 12.6. The molecule has 0 radical (unpaired) electrons. The summed E-state index contributed by atoms with van der Waals surface area (Å²) in [5.41, 5.74) is 3.46. The van der Waals surface area contributed by atoms with Crippen LogP contribution in [0, 0.1) is 6.92 Å². The highest BCUT2D eigenvalue weighted by Gasteiger charge is 2.21. The van der Waals surface area contributed by atoms with Crippen LogP contribution in [0.15, 0.2) is 53.4 Å². The Hall–Kier alpha value is -2.59. The molecular weight excluding hydrogens is 434 g/mol. The molecule has 0 unspecified atom stereocenters. The normalized spacial score (nSPS) is 11.6. The van der Waals surface area contributed by atoms with Crippen LogP contribution >= 0.6 is 11.3 Å². The molecule has 3 rings (SSSR count). The molecule has 2 aromatic carbocycles. The zero-order valence-corrected chi connectivity index (χ0v) is 19.5. The molecule has 164 valence electrons. The molecule has 7 nitrogen and oxygen atoms in total. The molecule has 0 saturated heterocycles. The second-order valence-electron chi connectivity index (χ2n) is 6.95. The van der Waals surface area contributed by atoms with Gasteiger partial charge < -0.3 is 0 Å². The van der Waals surface area contributed by atoms with Gasteiger partial charge in [0.1, 0.15) is 0 Å². The highest BCUT2D eigenvalue weighted by molar-refractivity contribution is 7.89. The van der Waals surface area contributed by atoms with Crippen LogP contribution in [0.25, 0.3) is 11.3 Å². The number of anilines is 1. The van der Waals surface area contributed by atoms with Gasteiger partial charge in [0.2, 0.25) is 0 Å². The Kier molecular flexibility index (Phi) is 7.22. The predicted octanol–water partition coefficient (Wildman–Crippen LogP) is 4.51. The number of hydrogen-bond acceptors (Lipinski definition) is 6. The van der Waals surface area contributed by atoms with Crippen molar-refractivity contribution in [1.29, 1.82) is 0 Å². The minimum Gasteiger partial charge on any atom is -0.298 e. The van der Waals surface area contributed by atoms with E-state index >= 15 is 0 Å². The number of rotatable bonds is 8. The molecule has 0 atom stereocenters. The third kappa shape index (κ3) is 5.19. The van der Waals surface area contributed by atoms with E-state index in [1.807, 2.05) is 6.92 Å². The van der Waals surface area contributed by atoms with Crippen LogP contribution in [0.1, 0.15) is 34.1 Å². The largest absolute Gasteiger partial charge is 0.298 e. The summed E-state index contributed by atoms with van der Waals surface area (Å²) in [5.74, 6) is -0.359. The molecule has 0 saturated carbocycles. The molecule has 0 spiro atoms. The number of aromatic nitrogens is 1. The van der Waals surface area contributed by atoms with E-state index in [0.717, 1.165) is 33.4 Å². The lowest BCUT2D eigenvalue weighted by Gasteiger charge is -2.14. The number of nitrogens with one attached hydrogen (secondary N) is 1. The first-order valence-corrected chi connectivity index (χ1v) is 12.0. The molecule has 0 aliphatic heterocycles. The first-order valence-electron chi connectivity index (χ1n) is 9.77. The van der Waals surface area contributed by atoms with Crippen molar-refractivity contribution in [3.8, 4) is 11.3 Å². The van der Waals surface area contributed by atoms with E-state index in [1.165, 1.54) is 55.3 Å². The third-order valence-corrected chi connectivity index (χ3v) is 7.37. The molecule has 0 bridgehead atoms. The fourth-order valence-corrected chi connectivity index (χ4v) is 4.83. The van der Waals surface area contributed by atoms with Crippen molar-refractivity contribution < 1.29 is 18.0 Å². The summed E-state index contributed by atoms with van der Waals surface area (Å²) >= 11 is 1.40.